The minimum Gasteiger partial charge on any atom is -0.408 e. The van der Waals surface area contributed by atoms with Crippen molar-refractivity contribution < 1.29 is 12.8 Å². The highest BCUT2D eigenvalue weighted by molar-refractivity contribution is 7.89. The van der Waals surface area contributed by atoms with Gasteiger partial charge in [-0.3, -0.25) is 9.55 Å². The highest BCUT2D eigenvalue weighted by Gasteiger charge is 2.29. The molecule has 0 atom stereocenters. The summed E-state index contributed by atoms with van der Waals surface area (Å²) in [4.78, 5) is 29.0. The smallest absolute Gasteiger partial charge is 0.408 e. The molecule has 0 aliphatic carbocycles. The minimum atomic E-state index is -3.70. The number of aryl methyl sites for hydroxylation is 1. The lowest BCUT2D eigenvalue weighted by molar-refractivity contribution is 0.383. The molecule has 1 fully saturated rings. The summed E-state index contributed by atoms with van der Waals surface area (Å²) in [7, 11) is -3.70. The van der Waals surface area contributed by atoms with E-state index in [2.05, 4.69) is 19.9 Å². The van der Waals surface area contributed by atoms with Crippen molar-refractivity contribution in [3.8, 4) is 5.82 Å². The molecular weight excluding hydrogens is 422 g/mol. The Hall–Kier alpha value is -3.51. The van der Waals surface area contributed by atoms with Gasteiger partial charge in [-0.2, -0.15) is 4.31 Å². The van der Waals surface area contributed by atoms with Crippen LogP contribution in [0.2, 0.25) is 0 Å². The van der Waals surface area contributed by atoms with Crippen molar-refractivity contribution in [2.45, 2.75) is 11.8 Å². The van der Waals surface area contributed by atoms with Crippen LogP contribution in [0.3, 0.4) is 0 Å². The minimum absolute atomic E-state index is 0.116. The molecule has 1 N–H and O–H groups in total. The summed E-state index contributed by atoms with van der Waals surface area (Å²) >= 11 is 0. The molecule has 3 aromatic heterocycles. The zero-order valence-electron chi connectivity index (χ0n) is 16.6. The lowest BCUT2D eigenvalue weighted by Crippen LogP contribution is -2.49. The lowest BCUT2D eigenvalue weighted by atomic mass is 10.3. The van der Waals surface area contributed by atoms with Crippen LogP contribution >= 0.6 is 0 Å². The standard InChI is InChI=1S/C19H19N7O4S/c1-13-21-17(11-18(22-13)25-5-4-20-12-25)24-6-8-26(9-7-24)31(28,29)14-2-3-16-15(10-14)23-19(27)30-16/h2-5,10-12H,6-9H2,1H3,(H,23,27). The van der Waals surface area contributed by atoms with Gasteiger partial charge in [0.15, 0.2) is 5.58 Å². The molecule has 31 heavy (non-hydrogen) atoms. The molecule has 0 bridgehead atoms. The first-order valence-electron chi connectivity index (χ1n) is 9.62. The van der Waals surface area contributed by atoms with Crippen LogP contribution in [-0.4, -0.2) is 63.4 Å². The molecule has 1 aromatic carbocycles. The second-order valence-corrected chi connectivity index (χ2v) is 9.10. The van der Waals surface area contributed by atoms with Crippen LogP contribution in [0, 0.1) is 6.92 Å². The number of imidazole rings is 1. The third-order valence-electron chi connectivity index (χ3n) is 5.17. The molecule has 0 spiro atoms. The van der Waals surface area contributed by atoms with Crippen LogP contribution in [0.15, 0.2) is 57.1 Å². The van der Waals surface area contributed by atoms with Crippen LogP contribution in [0.5, 0.6) is 0 Å². The lowest BCUT2D eigenvalue weighted by Gasteiger charge is -2.34. The predicted octanol–water partition coefficient (Wildman–Crippen LogP) is 0.916. The van der Waals surface area contributed by atoms with Gasteiger partial charge in [0.2, 0.25) is 10.0 Å². The van der Waals surface area contributed by atoms with Crippen molar-refractivity contribution in [2.24, 2.45) is 0 Å². The molecule has 1 aliphatic rings. The fourth-order valence-corrected chi connectivity index (χ4v) is 5.07. The van der Waals surface area contributed by atoms with Gasteiger partial charge in [-0.1, -0.05) is 0 Å². The van der Waals surface area contributed by atoms with Crippen molar-refractivity contribution >= 4 is 26.9 Å². The van der Waals surface area contributed by atoms with Crippen molar-refractivity contribution in [3.05, 3.63) is 59.4 Å². The number of oxazole rings is 1. The second kappa shape index (κ2) is 7.32. The zero-order valence-corrected chi connectivity index (χ0v) is 17.4. The second-order valence-electron chi connectivity index (χ2n) is 7.17. The number of sulfonamides is 1. The molecule has 12 heteroatoms. The fourth-order valence-electron chi connectivity index (χ4n) is 3.62. The molecule has 1 saturated heterocycles. The monoisotopic (exact) mass is 441 g/mol. The average molecular weight is 441 g/mol. The molecule has 0 saturated carbocycles. The molecule has 0 unspecified atom stereocenters. The van der Waals surface area contributed by atoms with Gasteiger partial charge in [-0.05, 0) is 25.1 Å². The molecule has 0 radical (unpaired) electrons. The van der Waals surface area contributed by atoms with Gasteiger partial charge < -0.3 is 9.32 Å². The van der Waals surface area contributed by atoms with Crippen LogP contribution < -0.4 is 10.7 Å². The molecule has 0 amide bonds. The van der Waals surface area contributed by atoms with Crippen LogP contribution in [-0.2, 0) is 10.0 Å². The Labute approximate surface area is 177 Å². The van der Waals surface area contributed by atoms with Crippen molar-refractivity contribution in [2.75, 3.05) is 31.1 Å². The summed E-state index contributed by atoms with van der Waals surface area (Å²) in [5, 5.41) is 0. The Kier molecular flexibility index (Phi) is 4.59. The third-order valence-corrected chi connectivity index (χ3v) is 7.07. The Morgan fingerprint density at radius 1 is 1.06 bits per heavy atom. The van der Waals surface area contributed by atoms with Gasteiger partial charge in [-0.15, -0.1) is 0 Å². The Bertz CT molecular complexity index is 1400. The topological polar surface area (TPSA) is 130 Å². The average Bonchev–Trinajstić information content (AvgIpc) is 3.42. The number of rotatable bonds is 4. The first-order chi connectivity index (χ1) is 14.9. The number of fused-ring (bicyclic) bond motifs is 1. The van der Waals surface area contributed by atoms with E-state index in [-0.39, 0.29) is 4.90 Å². The number of hydrogen-bond acceptors (Lipinski definition) is 8. The quantitative estimate of drug-likeness (QED) is 0.495. The Morgan fingerprint density at radius 3 is 2.58 bits per heavy atom. The van der Waals surface area contributed by atoms with E-state index in [0.29, 0.717) is 48.9 Å². The molecular formula is C19H19N7O4S. The van der Waals surface area contributed by atoms with E-state index in [1.165, 1.54) is 22.5 Å². The normalized spacial score (nSPS) is 15.6. The van der Waals surface area contributed by atoms with Crippen LogP contribution in [0.1, 0.15) is 5.82 Å². The van der Waals surface area contributed by atoms with E-state index in [1.807, 2.05) is 17.9 Å². The number of benzene rings is 1. The van der Waals surface area contributed by atoms with Gasteiger partial charge in [-0.25, -0.2) is 28.2 Å². The van der Waals surface area contributed by atoms with E-state index in [1.54, 1.807) is 23.3 Å². The van der Waals surface area contributed by atoms with E-state index in [0.717, 1.165) is 5.82 Å². The van der Waals surface area contributed by atoms with E-state index < -0.39 is 15.8 Å². The maximum atomic E-state index is 13.1. The van der Waals surface area contributed by atoms with Gasteiger partial charge in [0, 0.05) is 44.6 Å². The van der Waals surface area contributed by atoms with E-state index in [4.69, 9.17) is 4.42 Å². The predicted molar refractivity (Wildman–Crippen MR) is 112 cm³/mol. The van der Waals surface area contributed by atoms with Gasteiger partial charge in [0.05, 0.1) is 10.4 Å². The number of aromatic nitrogens is 5. The Balaban J connectivity index is 1.35. The number of piperazine rings is 1. The van der Waals surface area contributed by atoms with Crippen molar-refractivity contribution in [3.63, 3.8) is 0 Å². The molecule has 4 aromatic rings. The summed E-state index contributed by atoms with van der Waals surface area (Å²) in [6.07, 6.45) is 5.15. The van der Waals surface area contributed by atoms with Crippen molar-refractivity contribution in [1.29, 1.82) is 0 Å². The largest absolute Gasteiger partial charge is 0.417 e. The number of aromatic amines is 1. The first-order valence-corrected chi connectivity index (χ1v) is 11.1. The van der Waals surface area contributed by atoms with Gasteiger partial charge in [0.25, 0.3) is 0 Å². The summed E-state index contributed by atoms with van der Waals surface area (Å²) in [6, 6.07) is 6.22. The first kappa shape index (κ1) is 19.5. The summed E-state index contributed by atoms with van der Waals surface area (Å²) in [5.41, 5.74) is 0.676. The number of anilines is 1. The summed E-state index contributed by atoms with van der Waals surface area (Å²) in [6.45, 7) is 3.42. The highest BCUT2D eigenvalue weighted by Crippen LogP contribution is 2.23. The number of nitrogens with zero attached hydrogens (tertiary/aromatic N) is 6. The number of H-pyrrole nitrogens is 1. The molecule has 160 valence electrons. The highest BCUT2D eigenvalue weighted by atomic mass is 32.2. The van der Waals surface area contributed by atoms with Crippen LogP contribution in [0.25, 0.3) is 16.9 Å². The van der Waals surface area contributed by atoms with Gasteiger partial charge >= 0.3 is 5.76 Å². The number of hydrogen-bond donors (Lipinski definition) is 1. The van der Waals surface area contributed by atoms with E-state index in [9.17, 15) is 13.2 Å². The summed E-state index contributed by atoms with van der Waals surface area (Å²) < 4.78 is 34.4. The van der Waals surface area contributed by atoms with Gasteiger partial charge in [0.1, 0.15) is 23.8 Å². The molecule has 5 rings (SSSR count). The maximum absolute atomic E-state index is 13.1. The maximum Gasteiger partial charge on any atom is 0.417 e. The SMILES string of the molecule is Cc1nc(N2CCN(S(=O)(=O)c3ccc4oc(=O)[nH]c4c3)CC2)cc(-n2ccnc2)n1. The molecule has 11 nitrogen and oxygen atoms in total. The van der Waals surface area contributed by atoms with Crippen LogP contribution in [0.4, 0.5) is 5.82 Å². The molecule has 1 aliphatic heterocycles. The number of nitrogens with one attached hydrogen (secondary N) is 1. The third kappa shape index (κ3) is 3.59. The van der Waals surface area contributed by atoms with E-state index >= 15 is 0 Å². The zero-order chi connectivity index (χ0) is 21.6. The molecule has 4 heterocycles. The fraction of sp³-hybridized carbons (Fsp3) is 0.263. The van der Waals surface area contributed by atoms with Crippen molar-refractivity contribution in [1.82, 2.24) is 28.8 Å². The Morgan fingerprint density at radius 2 is 1.84 bits per heavy atom. The summed E-state index contributed by atoms with van der Waals surface area (Å²) in [5.74, 6) is 1.45.